The van der Waals surface area contributed by atoms with Gasteiger partial charge in [0.15, 0.2) is 0 Å². The highest BCUT2D eigenvalue weighted by atomic mass is 35.5. The van der Waals surface area contributed by atoms with Crippen molar-refractivity contribution in [3.63, 3.8) is 0 Å². The van der Waals surface area contributed by atoms with E-state index in [1.54, 1.807) is 61.5 Å². The van der Waals surface area contributed by atoms with E-state index >= 15 is 0 Å². The summed E-state index contributed by atoms with van der Waals surface area (Å²) in [7, 11) is -2.63. The zero-order valence-electron chi connectivity index (χ0n) is 19.2. The number of halogens is 2. The molecule has 0 fully saturated rings. The largest absolute Gasteiger partial charge is 0.357 e. The van der Waals surface area contributed by atoms with E-state index in [9.17, 15) is 18.0 Å². The Morgan fingerprint density at radius 1 is 0.914 bits per heavy atom. The third kappa shape index (κ3) is 6.54. The lowest BCUT2D eigenvalue weighted by molar-refractivity contribution is -0.139. The molecule has 2 amide bonds. The Bertz CT molecular complexity index is 1290. The predicted octanol–water partition coefficient (Wildman–Crippen LogP) is 4.35. The Labute approximate surface area is 215 Å². The number of hydrogen-bond acceptors (Lipinski definition) is 4. The van der Waals surface area contributed by atoms with Crippen molar-refractivity contribution >= 4 is 50.7 Å². The van der Waals surface area contributed by atoms with Gasteiger partial charge in [0.05, 0.1) is 10.6 Å². The van der Waals surface area contributed by atoms with E-state index in [2.05, 4.69) is 5.32 Å². The van der Waals surface area contributed by atoms with E-state index in [1.165, 1.54) is 36.2 Å². The van der Waals surface area contributed by atoms with Gasteiger partial charge in [0.25, 0.3) is 10.0 Å². The maximum absolute atomic E-state index is 13.6. The van der Waals surface area contributed by atoms with E-state index in [-0.39, 0.29) is 23.0 Å². The summed E-state index contributed by atoms with van der Waals surface area (Å²) in [5.74, 6) is -0.945. The molecule has 0 aliphatic heterocycles. The van der Waals surface area contributed by atoms with Crippen LogP contribution >= 0.6 is 23.2 Å². The molecule has 0 radical (unpaired) electrons. The Balaban J connectivity index is 2.01. The van der Waals surface area contributed by atoms with Crippen molar-refractivity contribution in [1.29, 1.82) is 0 Å². The lowest BCUT2D eigenvalue weighted by Gasteiger charge is -2.31. The molecule has 1 N–H and O–H groups in total. The number of amides is 2. The number of rotatable bonds is 9. The van der Waals surface area contributed by atoms with Gasteiger partial charge in [-0.3, -0.25) is 13.9 Å². The van der Waals surface area contributed by atoms with Crippen LogP contribution in [0.2, 0.25) is 10.0 Å². The summed E-state index contributed by atoms with van der Waals surface area (Å²) in [5.41, 5.74) is 0.965. The average Bonchev–Trinajstić information content (AvgIpc) is 2.86. The fourth-order valence-electron chi connectivity index (χ4n) is 3.48. The number of hydrogen-bond donors (Lipinski definition) is 1. The van der Waals surface area contributed by atoms with Gasteiger partial charge in [0.1, 0.15) is 12.6 Å². The zero-order valence-corrected chi connectivity index (χ0v) is 21.5. The predicted molar refractivity (Wildman–Crippen MR) is 138 cm³/mol. The first-order valence-corrected chi connectivity index (χ1v) is 12.9. The van der Waals surface area contributed by atoms with Crippen LogP contribution in [0, 0.1) is 0 Å². The Morgan fingerprint density at radius 2 is 1.57 bits per heavy atom. The number of anilines is 1. The summed E-state index contributed by atoms with van der Waals surface area (Å²) < 4.78 is 28.1. The number of carbonyl (C=O) groups excluding carboxylic acids is 2. The maximum atomic E-state index is 13.6. The van der Waals surface area contributed by atoms with Gasteiger partial charge in [-0.05, 0) is 61.0 Å². The van der Waals surface area contributed by atoms with Crippen molar-refractivity contribution in [3.8, 4) is 0 Å². The first-order valence-electron chi connectivity index (χ1n) is 10.7. The van der Waals surface area contributed by atoms with E-state index in [0.717, 1.165) is 4.31 Å². The number of nitrogens with one attached hydrogen (secondary N) is 1. The highest BCUT2D eigenvalue weighted by molar-refractivity contribution is 7.92. The minimum atomic E-state index is -4.11. The van der Waals surface area contributed by atoms with Crippen molar-refractivity contribution in [2.75, 3.05) is 17.9 Å². The second-order valence-corrected chi connectivity index (χ2v) is 10.5. The third-order valence-electron chi connectivity index (χ3n) is 5.38. The highest BCUT2D eigenvalue weighted by Crippen LogP contribution is 2.26. The molecular weight excluding hydrogens is 509 g/mol. The number of sulfonamides is 1. The van der Waals surface area contributed by atoms with E-state index in [1.807, 2.05) is 0 Å². The standard InChI is InChI=1S/C25H25Cl2N3O4S/c1-18(25(32)28-2)29(16-19-7-6-8-21(27)15-19)24(31)17-30(22-13-11-20(26)12-14-22)35(33,34)23-9-4-3-5-10-23/h3-15,18H,16-17H2,1-2H3,(H,28,32)/t18-/m1/s1. The number of benzene rings is 3. The van der Waals surface area contributed by atoms with Crippen molar-refractivity contribution in [3.05, 3.63) is 94.5 Å². The van der Waals surface area contributed by atoms with Crippen LogP contribution in [0.15, 0.2) is 83.8 Å². The summed E-state index contributed by atoms with van der Waals surface area (Å²) in [5, 5.41) is 3.45. The van der Waals surface area contributed by atoms with Gasteiger partial charge >= 0.3 is 0 Å². The van der Waals surface area contributed by atoms with Gasteiger partial charge in [-0.2, -0.15) is 0 Å². The molecule has 0 aliphatic rings. The van der Waals surface area contributed by atoms with Crippen molar-refractivity contribution < 1.29 is 18.0 Å². The van der Waals surface area contributed by atoms with Crippen molar-refractivity contribution in [2.45, 2.75) is 24.4 Å². The molecule has 10 heteroatoms. The summed E-state index contributed by atoms with van der Waals surface area (Å²) in [6, 6.07) is 20.0. The molecule has 0 unspecified atom stereocenters. The van der Waals surface area contributed by atoms with Gasteiger partial charge < -0.3 is 10.2 Å². The molecule has 7 nitrogen and oxygen atoms in total. The molecule has 0 saturated carbocycles. The van der Waals surface area contributed by atoms with Crippen LogP contribution in [0.5, 0.6) is 0 Å². The molecule has 0 aliphatic carbocycles. The first-order chi connectivity index (χ1) is 16.6. The second kappa shape index (κ2) is 11.6. The maximum Gasteiger partial charge on any atom is 0.264 e. The minimum absolute atomic E-state index is 0.0310. The number of nitrogens with zero attached hydrogens (tertiary/aromatic N) is 2. The SMILES string of the molecule is CNC(=O)[C@@H](C)N(Cc1cccc(Cl)c1)C(=O)CN(c1ccc(Cl)cc1)S(=O)(=O)c1ccccc1. The van der Waals surface area contributed by atoms with Crippen molar-refractivity contribution in [1.82, 2.24) is 10.2 Å². The Morgan fingerprint density at radius 3 is 2.17 bits per heavy atom. The smallest absolute Gasteiger partial charge is 0.264 e. The first kappa shape index (κ1) is 26.5. The highest BCUT2D eigenvalue weighted by Gasteiger charge is 2.32. The minimum Gasteiger partial charge on any atom is -0.357 e. The molecule has 3 aromatic rings. The molecule has 184 valence electrons. The van der Waals surface area contributed by atoms with Gasteiger partial charge in [0.2, 0.25) is 11.8 Å². The fourth-order valence-corrected chi connectivity index (χ4v) is 5.25. The van der Waals surface area contributed by atoms with E-state index in [0.29, 0.717) is 15.6 Å². The summed E-state index contributed by atoms with van der Waals surface area (Å²) >= 11 is 12.1. The molecule has 3 aromatic carbocycles. The molecule has 1 atom stereocenters. The van der Waals surface area contributed by atoms with Crippen LogP contribution in [-0.2, 0) is 26.2 Å². The van der Waals surface area contributed by atoms with E-state index < -0.39 is 28.5 Å². The van der Waals surface area contributed by atoms with Crippen LogP contribution in [-0.4, -0.2) is 44.8 Å². The molecule has 0 heterocycles. The summed E-state index contributed by atoms with van der Waals surface area (Å²) in [6.45, 7) is 1.12. The topological polar surface area (TPSA) is 86.8 Å². The second-order valence-electron chi connectivity index (χ2n) is 7.74. The van der Waals surface area contributed by atoms with Gasteiger partial charge in [0, 0.05) is 23.6 Å². The molecule has 0 bridgehead atoms. The quantitative estimate of drug-likeness (QED) is 0.442. The summed E-state index contributed by atoms with van der Waals surface area (Å²) in [6.07, 6.45) is 0. The Hall–Kier alpha value is -3.07. The molecule has 0 saturated heterocycles. The van der Waals surface area contributed by atoms with Crippen LogP contribution < -0.4 is 9.62 Å². The van der Waals surface area contributed by atoms with Gasteiger partial charge in [-0.15, -0.1) is 0 Å². The van der Waals surface area contributed by atoms with E-state index in [4.69, 9.17) is 23.2 Å². The Kier molecular flexibility index (Phi) is 8.77. The molecule has 0 spiro atoms. The molecule has 35 heavy (non-hydrogen) atoms. The van der Waals surface area contributed by atoms with Gasteiger partial charge in [-0.25, -0.2) is 8.42 Å². The normalized spacial score (nSPS) is 12.0. The molecular formula is C25H25Cl2N3O4S. The molecule has 0 aromatic heterocycles. The van der Waals surface area contributed by atoms with Crippen LogP contribution in [0.25, 0.3) is 0 Å². The van der Waals surface area contributed by atoms with Crippen LogP contribution in [0.1, 0.15) is 12.5 Å². The van der Waals surface area contributed by atoms with Crippen molar-refractivity contribution in [2.24, 2.45) is 0 Å². The van der Waals surface area contributed by atoms with Gasteiger partial charge in [-0.1, -0.05) is 53.5 Å². The monoisotopic (exact) mass is 533 g/mol. The third-order valence-corrected chi connectivity index (χ3v) is 7.66. The van der Waals surface area contributed by atoms with Crippen LogP contribution in [0.3, 0.4) is 0 Å². The fraction of sp³-hybridized carbons (Fsp3) is 0.200. The number of carbonyl (C=O) groups is 2. The summed E-state index contributed by atoms with van der Waals surface area (Å²) in [4.78, 5) is 27.4. The van der Waals surface area contributed by atoms with Crippen LogP contribution in [0.4, 0.5) is 5.69 Å². The molecule has 3 rings (SSSR count). The average molecular weight is 534 g/mol. The lowest BCUT2D eigenvalue weighted by atomic mass is 10.1. The lowest BCUT2D eigenvalue weighted by Crippen LogP contribution is -2.50. The zero-order chi connectivity index (χ0) is 25.6. The number of likely N-dealkylation sites (N-methyl/N-ethyl adjacent to an activating group) is 1.